The fraction of sp³-hybridized carbons (Fsp3) is 0.312. The quantitative estimate of drug-likeness (QED) is 0.780. The van der Waals surface area contributed by atoms with Crippen LogP contribution in [0.15, 0.2) is 30.5 Å². The van der Waals surface area contributed by atoms with E-state index in [1.807, 2.05) is 38.1 Å². The lowest BCUT2D eigenvalue weighted by Gasteiger charge is -2.13. The summed E-state index contributed by atoms with van der Waals surface area (Å²) in [4.78, 5) is 4.41. The number of pyridine rings is 1. The highest BCUT2D eigenvalue weighted by Gasteiger charge is 2.10. The van der Waals surface area contributed by atoms with Gasteiger partial charge in [0.1, 0.15) is 18.1 Å². The van der Waals surface area contributed by atoms with Gasteiger partial charge in [0.05, 0.1) is 12.8 Å². The molecular formula is C16H18ClNO2. The molecule has 2 rings (SSSR count). The first kappa shape index (κ1) is 14.7. The molecule has 0 spiro atoms. The van der Waals surface area contributed by atoms with Crippen molar-refractivity contribution < 1.29 is 9.47 Å². The van der Waals surface area contributed by atoms with Crippen molar-refractivity contribution in [3.63, 3.8) is 0 Å². The number of aryl methyl sites for hydroxylation is 1. The molecule has 106 valence electrons. The van der Waals surface area contributed by atoms with E-state index < -0.39 is 0 Å². The zero-order valence-corrected chi connectivity index (χ0v) is 12.7. The van der Waals surface area contributed by atoms with Gasteiger partial charge >= 0.3 is 0 Å². The van der Waals surface area contributed by atoms with Gasteiger partial charge in [-0.3, -0.25) is 4.98 Å². The van der Waals surface area contributed by atoms with Crippen molar-refractivity contribution in [2.75, 3.05) is 7.11 Å². The first-order valence-corrected chi connectivity index (χ1v) is 6.96. The van der Waals surface area contributed by atoms with Gasteiger partial charge in [0.2, 0.25) is 0 Å². The molecule has 3 nitrogen and oxygen atoms in total. The van der Waals surface area contributed by atoms with Crippen molar-refractivity contribution in [2.45, 2.75) is 26.3 Å². The second-order valence-corrected chi connectivity index (χ2v) is 4.88. The number of hydrogen-bond acceptors (Lipinski definition) is 3. The minimum absolute atomic E-state index is 0.411. The Morgan fingerprint density at radius 2 is 2.05 bits per heavy atom. The zero-order chi connectivity index (χ0) is 14.5. The largest absolute Gasteiger partial charge is 0.496 e. The molecule has 0 saturated carbocycles. The molecule has 2 aromatic rings. The highest BCUT2D eigenvalue weighted by Crippen LogP contribution is 2.25. The van der Waals surface area contributed by atoms with E-state index in [9.17, 15) is 0 Å². The lowest BCUT2D eigenvalue weighted by Crippen LogP contribution is -2.04. The van der Waals surface area contributed by atoms with Gasteiger partial charge in [-0.2, -0.15) is 0 Å². The van der Waals surface area contributed by atoms with Gasteiger partial charge in [-0.25, -0.2) is 0 Å². The Labute approximate surface area is 124 Å². The molecule has 1 aromatic carbocycles. The monoisotopic (exact) mass is 291 g/mol. The highest BCUT2D eigenvalue weighted by molar-refractivity contribution is 6.17. The van der Waals surface area contributed by atoms with Crippen molar-refractivity contribution in [1.29, 1.82) is 0 Å². The molecule has 0 aliphatic carbocycles. The summed E-state index contributed by atoms with van der Waals surface area (Å²) in [5.41, 5.74) is 3.96. The average molecular weight is 292 g/mol. The molecule has 1 heterocycles. The molecule has 0 atom stereocenters. The third-order valence-electron chi connectivity index (χ3n) is 3.18. The number of methoxy groups -OCH3 is 1. The Hall–Kier alpha value is -1.74. The molecule has 0 fully saturated rings. The number of alkyl halides is 1. The topological polar surface area (TPSA) is 31.4 Å². The molecule has 4 heteroatoms. The lowest BCUT2D eigenvalue weighted by atomic mass is 10.1. The van der Waals surface area contributed by atoms with Crippen molar-refractivity contribution in [3.05, 3.63) is 52.8 Å². The summed E-state index contributed by atoms with van der Waals surface area (Å²) in [7, 11) is 1.67. The van der Waals surface area contributed by atoms with Crippen molar-refractivity contribution in [2.24, 2.45) is 0 Å². The summed E-state index contributed by atoms with van der Waals surface area (Å²) in [6, 6.07) is 7.76. The Morgan fingerprint density at radius 1 is 1.25 bits per heavy atom. The van der Waals surface area contributed by atoms with Crippen LogP contribution in [-0.2, 0) is 12.5 Å². The van der Waals surface area contributed by atoms with Crippen LogP contribution in [-0.4, -0.2) is 12.1 Å². The van der Waals surface area contributed by atoms with Crippen molar-refractivity contribution >= 4 is 11.6 Å². The number of rotatable bonds is 5. The number of hydrogen-bond donors (Lipinski definition) is 0. The molecular weight excluding hydrogens is 274 g/mol. The van der Waals surface area contributed by atoms with Crippen LogP contribution in [0.25, 0.3) is 0 Å². The molecule has 0 N–H and O–H groups in total. The molecule has 0 unspecified atom stereocenters. The number of benzene rings is 1. The summed E-state index contributed by atoms with van der Waals surface area (Å²) in [5.74, 6) is 2.14. The van der Waals surface area contributed by atoms with E-state index in [-0.39, 0.29) is 0 Å². The van der Waals surface area contributed by atoms with Crippen LogP contribution in [0.3, 0.4) is 0 Å². The summed E-state index contributed by atoms with van der Waals surface area (Å²) >= 11 is 5.81. The van der Waals surface area contributed by atoms with Gasteiger partial charge in [0.15, 0.2) is 0 Å². The van der Waals surface area contributed by atoms with E-state index in [1.54, 1.807) is 13.3 Å². The number of aromatic nitrogens is 1. The average Bonchev–Trinajstić information content (AvgIpc) is 2.47. The second kappa shape index (κ2) is 6.62. The number of ether oxygens (including phenoxy) is 2. The van der Waals surface area contributed by atoms with Crippen LogP contribution < -0.4 is 9.47 Å². The molecule has 0 aliphatic heterocycles. The van der Waals surface area contributed by atoms with Crippen LogP contribution in [0, 0.1) is 13.8 Å². The van der Waals surface area contributed by atoms with E-state index in [0.29, 0.717) is 12.5 Å². The fourth-order valence-corrected chi connectivity index (χ4v) is 2.25. The van der Waals surface area contributed by atoms with E-state index in [1.165, 1.54) is 0 Å². The van der Waals surface area contributed by atoms with Crippen LogP contribution in [0.2, 0.25) is 0 Å². The Bertz CT molecular complexity index is 599. The molecule has 0 radical (unpaired) electrons. The summed E-state index contributed by atoms with van der Waals surface area (Å²) in [5, 5.41) is 0. The summed E-state index contributed by atoms with van der Waals surface area (Å²) < 4.78 is 11.2. The normalized spacial score (nSPS) is 10.4. The first-order valence-electron chi connectivity index (χ1n) is 6.42. The minimum atomic E-state index is 0.411. The van der Waals surface area contributed by atoms with Crippen molar-refractivity contribution in [1.82, 2.24) is 4.98 Å². The van der Waals surface area contributed by atoms with Crippen molar-refractivity contribution in [3.8, 4) is 11.5 Å². The van der Waals surface area contributed by atoms with Gasteiger partial charge < -0.3 is 9.47 Å². The highest BCUT2D eigenvalue weighted by atomic mass is 35.5. The van der Waals surface area contributed by atoms with E-state index in [2.05, 4.69) is 4.98 Å². The molecule has 0 amide bonds. The third kappa shape index (κ3) is 3.23. The van der Waals surface area contributed by atoms with E-state index >= 15 is 0 Å². The van der Waals surface area contributed by atoms with Gasteiger partial charge in [-0.05, 0) is 31.5 Å². The smallest absolute Gasteiger partial charge is 0.131 e. The van der Waals surface area contributed by atoms with Gasteiger partial charge in [0, 0.05) is 23.2 Å². The van der Waals surface area contributed by atoms with Crippen LogP contribution in [0.5, 0.6) is 11.5 Å². The lowest BCUT2D eigenvalue weighted by molar-refractivity contribution is 0.298. The molecule has 20 heavy (non-hydrogen) atoms. The predicted octanol–water partition coefficient (Wildman–Crippen LogP) is 4.02. The van der Waals surface area contributed by atoms with Crippen LogP contribution in [0.4, 0.5) is 0 Å². The van der Waals surface area contributed by atoms with Gasteiger partial charge in [0.25, 0.3) is 0 Å². The van der Waals surface area contributed by atoms with Crippen LogP contribution in [0.1, 0.15) is 22.4 Å². The standard InChI is InChI=1S/C16H18ClNO2/c1-11-9-18-15(12(2)16(11)19-3)10-20-14-6-4-5-13(7-14)8-17/h4-7,9H,8,10H2,1-3H3. The van der Waals surface area contributed by atoms with E-state index in [0.717, 1.165) is 33.9 Å². The molecule has 0 aliphatic rings. The maximum Gasteiger partial charge on any atom is 0.131 e. The zero-order valence-electron chi connectivity index (χ0n) is 11.9. The molecule has 0 saturated heterocycles. The van der Waals surface area contributed by atoms with Crippen LogP contribution >= 0.6 is 11.6 Å². The Kier molecular flexibility index (Phi) is 4.85. The maximum atomic E-state index is 5.81. The first-order chi connectivity index (χ1) is 9.65. The van der Waals surface area contributed by atoms with Gasteiger partial charge in [-0.1, -0.05) is 12.1 Å². The maximum absolute atomic E-state index is 5.81. The molecule has 1 aromatic heterocycles. The Balaban J connectivity index is 2.14. The summed E-state index contributed by atoms with van der Waals surface area (Å²) in [6.45, 7) is 4.38. The SMILES string of the molecule is COc1c(C)cnc(COc2cccc(CCl)c2)c1C. The van der Waals surface area contributed by atoms with Gasteiger partial charge in [-0.15, -0.1) is 11.6 Å². The fourth-order valence-electron chi connectivity index (χ4n) is 2.09. The number of nitrogens with zero attached hydrogens (tertiary/aromatic N) is 1. The van der Waals surface area contributed by atoms with E-state index in [4.69, 9.17) is 21.1 Å². The predicted molar refractivity (Wildman–Crippen MR) is 80.6 cm³/mol. The molecule has 0 bridgehead atoms. The third-order valence-corrected chi connectivity index (χ3v) is 3.49. The Morgan fingerprint density at radius 3 is 2.75 bits per heavy atom. The second-order valence-electron chi connectivity index (χ2n) is 4.62. The number of halogens is 1. The minimum Gasteiger partial charge on any atom is -0.496 e. The summed E-state index contributed by atoms with van der Waals surface area (Å²) in [6.07, 6.45) is 1.81.